The molecule has 0 aliphatic carbocycles. The van der Waals surface area contributed by atoms with Crippen LogP contribution in [0.1, 0.15) is 10.5 Å². The Labute approximate surface area is 112 Å². The van der Waals surface area contributed by atoms with Crippen molar-refractivity contribution < 1.29 is 9.53 Å². The number of nitrogen functional groups attached to an aromatic ring is 1. The van der Waals surface area contributed by atoms with Crippen molar-refractivity contribution in [3.05, 3.63) is 34.6 Å². The number of H-pyrrole nitrogens is 1. The van der Waals surface area contributed by atoms with E-state index in [0.717, 1.165) is 4.47 Å². The van der Waals surface area contributed by atoms with E-state index in [1.165, 1.54) is 6.20 Å². The van der Waals surface area contributed by atoms with Gasteiger partial charge in [-0.05, 0) is 28.1 Å². The second kappa shape index (κ2) is 5.09. The van der Waals surface area contributed by atoms with Crippen LogP contribution < -0.4 is 15.8 Å². The molecule has 1 aromatic carbocycles. The Morgan fingerprint density at radius 2 is 2.33 bits per heavy atom. The highest BCUT2D eigenvalue weighted by molar-refractivity contribution is 9.10. The first-order valence-electron chi connectivity index (χ1n) is 5.05. The standard InChI is InChI=1S/C11H11BrN4O2/c1-18-9-4-6(2-3-7(9)12)15-11(17)10-8(13)5-14-16-10/h2-5H,13H2,1H3,(H,14,16)(H,15,17). The summed E-state index contributed by atoms with van der Waals surface area (Å²) in [5, 5.41) is 8.92. The van der Waals surface area contributed by atoms with Crippen LogP contribution in [0.5, 0.6) is 5.75 Å². The first-order chi connectivity index (χ1) is 8.61. The average Bonchev–Trinajstić information content (AvgIpc) is 2.78. The highest BCUT2D eigenvalue weighted by Gasteiger charge is 2.12. The Kier molecular flexibility index (Phi) is 3.52. The van der Waals surface area contributed by atoms with E-state index in [9.17, 15) is 4.79 Å². The summed E-state index contributed by atoms with van der Waals surface area (Å²) < 4.78 is 5.95. The molecule has 0 saturated carbocycles. The monoisotopic (exact) mass is 310 g/mol. The summed E-state index contributed by atoms with van der Waals surface area (Å²) in [5.41, 5.74) is 6.73. The molecule has 0 spiro atoms. The molecule has 94 valence electrons. The van der Waals surface area contributed by atoms with Gasteiger partial charge in [-0.1, -0.05) is 0 Å². The molecular formula is C11H11BrN4O2. The summed E-state index contributed by atoms with van der Waals surface area (Å²) >= 11 is 3.33. The zero-order valence-electron chi connectivity index (χ0n) is 9.53. The number of aromatic amines is 1. The minimum absolute atomic E-state index is 0.233. The van der Waals surface area contributed by atoms with E-state index in [2.05, 4.69) is 31.4 Å². The Morgan fingerprint density at radius 1 is 1.56 bits per heavy atom. The number of hydrogen-bond acceptors (Lipinski definition) is 4. The molecule has 0 bridgehead atoms. The van der Waals surface area contributed by atoms with Gasteiger partial charge < -0.3 is 15.8 Å². The van der Waals surface area contributed by atoms with E-state index in [-0.39, 0.29) is 11.6 Å². The number of carbonyl (C=O) groups is 1. The summed E-state index contributed by atoms with van der Waals surface area (Å²) in [6.45, 7) is 0. The normalized spacial score (nSPS) is 10.1. The number of nitrogens with two attached hydrogens (primary N) is 1. The van der Waals surface area contributed by atoms with Crippen LogP contribution in [0.3, 0.4) is 0 Å². The summed E-state index contributed by atoms with van der Waals surface area (Å²) in [6, 6.07) is 5.23. The lowest BCUT2D eigenvalue weighted by Gasteiger charge is -2.08. The van der Waals surface area contributed by atoms with Crippen molar-refractivity contribution in [3.8, 4) is 5.75 Å². The molecule has 1 heterocycles. The Bertz CT molecular complexity index is 582. The van der Waals surface area contributed by atoms with E-state index < -0.39 is 0 Å². The summed E-state index contributed by atoms with van der Waals surface area (Å²) in [7, 11) is 1.55. The Hall–Kier alpha value is -2.02. The fourth-order valence-electron chi connectivity index (χ4n) is 1.41. The topological polar surface area (TPSA) is 93.0 Å². The van der Waals surface area contributed by atoms with Gasteiger partial charge in [0.1, 0.15) is 11.4 Å². The maximum absolute atomic E-state index is 11.9. The highest BCUT2D eigenvalue weighted by Crippen LogP contribution is 2.28. The van der Waals surface area contributed by atoms with Crippen LogP contribution in [0.15, 0.2) is 28.9 Å². The molecule has 7 heteroatoms. The molecule has 2 aromatic rings. The van der Waals surface area contributed by atoms with Gasteiger partial charge in [-0.25, -0.2) is 0 Å². The first-order valence-corrected chi connectivity index (χ1v) is 5.85. The number of benzene rings is 1. The van der Waals surface area contributed by atoms with Crippen molar-refractivity contribution in [1.29, 1.82) is 0 Å². The molecular weight excluding hydrogens is 300 g/mol. The third-order valence-electron chi connectivity index (χ3n) is 2.30. The van der Waals surface area contributed by atoms with E-state index >= 15 is 0 Å². The number of nitrogens with one attached hydrogen (secondary N) is 2. The number of hydrogen-bond donors (Lipinski definition) is 3. The van der Waals surface area contributed by atoms with E-state index in [0.29, 0.717) is 17.1 Å². The first kappa shape index (κ1) is 12.4. The van der Waals surface area contributed by atoms with Gasteiger partial charge in [0, 0.05) is 11.8 Å². The number of carbonyl (C=O) groups excluding carboxylic acids is 1. The second-order valence-electron chi connectivity index (χ2n) is 3.50. The Morgan fingerprint density at radius 3 is 2.94 bits per heavy atom. The van der Waals surface area contributed by atoms with Crippen molar-refractivity contribution in [1.82, 2.24) is 10.2 Å². The number of halogens is 1. The van der Waals surface area contributed by atoms with Crippen molar-refractivity contribution in [2.24, 2.45) is 0 Å². The number of methoxy groups -OCH3 is 1. The maximum Gasteiger partial charge on any atom is 0.275 e. The molecule has 6 nitrogen and oxygen atoms in total. The minimum atomic E-state index is -0.352. The zero-order chi connectivity index (χ0) is 13.1. The largest absolute Gasteiger partial charge is 0.495 e. The molecule has 0 fully saturated rings. The third kappa shape index (κ3) is 2.45. The Balaban J connectivity index is 2.20. The van der Waals surface area contributed by atoms with Crippen LogP contribution in [0.2, 0.25) is 0 Å². The molecule has 1 aromatic heterocycles. The zero-order valence-corrected chi connectivity index (χ0v) is 11.1. The van der Waals surface area contributed by atoms with Crippen LogP contribution in [-0.2, 0) is 0 Å². The average molecular weight is 311 g/mol. The molecule has 0 saturated heterocycles. The van der Waals surface area contributed by atoms with Gasteiger partial charge in [0.2, 0.25) is 0 Å². The lowest BCUT2D eigenvalue weighted by atomic mass is 10.3. The molecule has 0 radical (unpaired) electrons. The van der Waals surface area contributed by atoms with Gasteiger partial charge >= 0.3 is 0 Å². The number of ether oxygens (including phenoxy) is 1. The molecule has 18 heavy (non-hydrogen) atoms. The number of nitrogens with zero attached hydrogens (tertiary/aromatic N) is 1. The lowest BCUT2D eigenvalue weighted by molar-refractivity contribution is 0.102. The summed E-state index contributed by atoms with van der Waals surface area (Å²) in [4.78, 5) is 11.9. The molecule has 0 aliphatic heterocycles. The van der Waals surface area contributed by atoms with Crippen molar-refractivity contribution in [2.45, 2.75) is 0 Å². The second-order valence-corrected chi connectivity index (χ2v) is 4.36. The van der Waals surface area contributed by atoms with Gasteiger partial charge in [0.15, 0.2) is 0 Å². The number of anilines is 2. The van der Waals surface area contributed by atoms with Gasteiger partial charge in [-0.2, -0.15) is 5.10 Å². The van der Waals surface area contributed by atoms with Crippen molar-refractivity contribution >= 4 is 33.2 Å². The molecule has 0 atom stereocenters. The fraction of sp³-hybridized carbons (Fsp3) is 0.0909. The van der Waals surface area contributed by atoms with Crippen LogP contribution >= 0.6 is 15.9 Å². The predicted molar refractivity (Wildman–Crippen MR) is 71.6 cm³/mol. The number of rotatable bonds is 3. The van der Waals surface area contributed by atoms with Crippen LogP contribution in [0.4, 0.5) is 11.4 Å². The van der Waals surface area contributed by atoms with Gasteiger partial charge in [-0.15, -0.1) is 0 Å². The van der Waals surface area contributed by atoms with Crippen molar-refractivity contribution in [3.63, 3.8) is 0 Å². The van der Waals surface area contributed by atoms with Crippen LogP contribution in [0.25, 0.3) is 0 Å². The van der Waals surface area contributed by atoms with Crippen LogP contribution in [-0.4, -0.2) is 23.2 Å². The summed E-state index contributed by atoms with van der Waals surface area (Å²) in [5.74, 6) is 0.278. The van der Waals surface area contributed by atoms with Gasteiger partial charge in [0.05, 0.1) is 23.5 Å². The third-order valence-corrected chi connectivity index (χ3v) is 2.96. The number of aromatic nitrogens is 2. The van der Waals surface area contributed by atoms with Gasteiger partial charge in [-0.3, -0.25) is 9.89 Å². The molecule has 4 N–H and O–H groups in total. The minimum Gasteiger partial charge on any atom is -0.495 e. The van der Waals surface area contributed by atoms with Crippen molar-refractivity contribution in [2.75, 3.05) is 18.2 Å². The number of amides is 1. The maximum atomic E-state index is 11.9. The lowest BCUT2D eigenvalue weighted by Crippen LogP contribution is -2.14. The molecule has 0 aliphatic rings. The highest BCUT2D eigenvalue weighted by atomic mass is 79.9. The summed E-state index contributed by atoms with van der Waals surface area (Å²) in [6.07, 6.45) is 1.39. The van der Waals surface area contributed by atoms with Crippen LogP contribution in [0, 0.1) is 0 Å². The van der Waals surface area contributed by atoms with E-state index in [1.54, 1.807) is 25.3 Å². The molecule has 2 rings (SSSR count). The van der Waals surface area contributed by atoms with E-state index in [4.69, 9.17) is 10.5 Å². The van der Waals surface area contributed by atoms with Gasteiger partial charge in [0.25, 0.3) is 5.91 Å². The SMILES string of the molecule is COc1cc(NC(=O)c2[nH]ncc2N)ccc1Br. The predicted octanol–water partition coefficient (Wildman–Crippen LogP) is 2.02. The quantitative estimate of drug-likeness (QED) is 0.808. The fourth-order valence-corrected chi connectivity index (χ4v) is 1.82. The van der Waals surface area contributed by atoms with E-state index in [1.807, 2.05) is 0 Å². The smallest absolute Gasteiger partial charge is 0.275 e. The molecule has 0 unspecified atom stereocenters. The molecule has 1 amide bonds.